The van der Waals surface area contributed by atoms with Crippen LogP contribution in [0.5, 0.6) is 0 Å². The van der Waals surface area contributed by atoms with Crippen molar-refractivity contribution >= 4 is 17.3 Å². The molecule has 5 nitrogen and oxygen atoms in total. The Balaban J connectivity index is 1.72. The molecule has 2 heterocycles. The number of aromatic nitrogens is 3. The summed E-state index contributed by atoms with van der Waals surface area (Å²) in [5, 5.41) is 6.71. The molecule has 2 aromatic heterocycles. The number of hydrogen-bond donors (Lipinski definition) is 0. The third-order valence-electron chi connectivity index (χ3n) is 3.16. The van der Waals surface area contributed by atoms with E-state index in [0.717, 1.165) is 16.3 Å². The zero-order chi connectivity index (χ0) is 15.5. The Morgan fingerprint density at radius 1 is 1.32 bits per heavy atom. The number of aryl methyl sites for hydroxylation is 1. The molecule has 6 heteroatoms. The average Bonchev–Trinajstić information content (AvgIpc) is 3.17. The van der Waals surface area contributed by atoms with Gasteiger partial charge in [-0.3, -0.25) is 4.68 Å². The van der Waals surface area contributed by atoms with Crippen LogP contribution in [0.1, 0.15) is 28.4 Å². The first-order chi connectivity index (χ1) is 10.6. The molecular formula is C16H15N3O2S. The van der Waals surface area contributed by atoms with Crippen LogP contribution < -0.4 is 0 Å². The van der Waals surface area contributed by atoms with Crippen LogP contribution in [0.25, 0.3) is 11.3 Å². The van der Waals surface area contributed by atoms with Crippen LogP contribution in [-0.2, 0) is 11.8 Å². The summed E-state index contributed by atoms with van der Waals surface area (Å²) in [6, 6.07) is 9.92. The SMILES string of the molecule is CC(OC(=O)c1cnn(C)c1)c1nc(-c2ccccc2)cs1. The summed E-state index contributed by atoms with van der Waals surface area (Å²) >= 11 is 1.49. The number of esters is 1. The second kappa shape index (κ2) is 6.11. The van der Waals surface area contributed by atoms with Crippen LogP contribution in [0, 0.1) is 0 Å². The fourth-order valence-corrected chi connectivity index (χ4v) is 2.83. The van der Waals surface area contributed by atoms with E-state index >= 15 is 0 Å². The number of thiazole rings is 1. The maximum atomic E-state index is 12.0. The molecule has 0 fully saturated rings. The fraction of sp³-hybridized carbons (Fsp3) is 0.188. The minimum absolute atomic E-state index is 0.392. The van der Waals surface area contributed by atoms with Crippen molar-refractivity contribution in [2.45, 2.75) is 13.0 Å². The molecule has 0 N–H and O–H groups in total. The molecule has 0 radical (unpaired) electrons. The lowest BCUT2D eigenvalue weighted by molar-refractivity contribution is 0.0337. The topological polar surface area (TPSA) is 57.0 Å². The molecule has 0 saturated carbocycles. The molecule has 0 aliphatic rings. The monoisotopic (exact) mass is 313 g/mol. The summed E-state index contributed by atoms with van der Waals surface area (Å²) in [7, 11) is 1.76. The summed E-state index contributed by atoms with van der Waals surface area (Å²) in [5.41, 5.74) is 2.38. The van der Waals surface area contributed by atoms with Gasteiger partial charge in [0, 0.05) is 24.2 Å². The minimum atomic E-state index is -0.393. The maximum Gasteiger partial charge on any atom is 0.342 e. The smallest absolute Gasteiger partial charge is 0.342 e. The maximum absolute atomic E-state index is 12.0. The zero-order valence-electron chi connectivity index (χ0n) is 12.3. The summed E-state index contributed by atoms with van der Waals surface area (Å²) in [6.07, 6.45) is 2.73. The van der Waals surface area contributed by atoms with Gasteiger partial charge in [-0.15, -0.1) is 11.3 Å². The number of ether oxygens (including phenoxy) is 1. The largest absolute Gasteiger partial charge is 0.452 e. The van der Waals surface area contributed by atoms with Crippen molar-refractivity contribution in [3.05, 3.63) is 58.7 Å². The number of hydrogen-bond acceptors (Lipinski definition) is 5. The average molecular weight is 313 g/mol. The van der Waals surface area contributed by atoms with Gasteiger partial charge in [0.15, 0.2) is 6.10 Å². The van der Waals surface area contributed by atoms with Crippen LogP contribution in [0.15, 0.2) is 48.1 Å². The first-order valence-corrected chi connectivity index (χ1v) is 7.72. The molecule has 0 bridgehead atoms. The first kappa shape index (κ1) is 14.5. The Hall–Kier alpha value is -2.47. The van der Waals surface area contributed by atoms with Crippen LogP contribution in [0.3, 0.4) is 0 Å². The number of benzene rings is 1. The van der Waals surface area contributed by atoms with Gasteiger partial charge in [-0.05, 0) is 6.92 Å². The second-order valence-electron chi connectivity index (χ2n) is 4.89. The first-order valence-electron chi connectivity index (χ1n) is 6.84. The molecular weight excluding hydrogens is 298 g/mol. The third kappa shape index (κ3) is 3.07. The van der Waals surface area contributed by atoms with Gasteiger partial charge in [0.2, 0.25) is 0 Å². The highest BCUT2D eigenvalue weighted by Crippen LogP contribution is 2.27. The lowest BCUT2D eigenvalue weighted by Crippen LogP contribution is -2.08. The van der Waals surface area contributed by atoms with Crippen LogP contribution in [0.2, 0.25) is 0 Å². The van der Waals surface area contributed by atoms with Crippen molar-refractivity contribution in [3.8, 4) is 11.3 Å². The van der Waals surface area contributed by atoms with Gasteiger partial charge in [-0.2, -0.15) is 5.10 Å². The predicted octanol–water partition coefficient (Wildman–Crippen LogP) is 3.46. The van der Waals surface area contributed by atoms with Crippen molar-refractivity contribution < 1.29 is 9.53 Å². The third-order valence-corrected chi connectivity index (χ3v) is 4.17. The van der Waals surface area contributed by atoms with Gasteiger partial charge in [0.1, 0.15) is 5.01 Å². The van der Waals surface area contributed by atoms with Gasteiger partial charge < -0.3 is 4.74 Å². The van der Waals surface area contributed by atoms with Gasteiger partial charge >= 0.3 is 5.97 Å². The second-order valence-corrected chi connectivity index (χ2v) is 5.78. The quantitative estimate of drug-likeness (QED) is 0.692. The Morgan fingerprint density at radius 2 is 2.09 bits per heavy atom. The highest BCUT2D eigenvalue weighted by molar-refractivity contribution is 7.10. The molecule has 3 aromatic rings. The van der Waals surface area contributed by atoms with Crippen molar-refractivity contribution in [1.82, 2.24) is 14.8 Å². The summed E-state index contributed by atoms with van der Waals surface area (Å²) in [4.78, 5) is 16.6. The van der Waals surface area contributed by atoms with E-state index in [0.29, 0.717) is 5.56 Å². The molecule has 112 valence electrons. The van der Waals surface area contributed by atoms with Crippen LogP contribution in [0.4, 0.5) is 0 Å². The van der Waals surface area contributed by atoms with Crippen LogP contribution >= 0.6 is 11.3 Å². The molecule has 3 rings (SSSR count). The Labute approximate surface area is 132 Å². The molecule has 1 atom stereocenters. The van der Waals surface area contributed by atoms with E-state index in [-0.39, 0.29) is 0 Å². The van der Waals surface area contributed by atoms with Gasteiger partial charge in [-0.25, -0.2) is 9.78 Å². The standard InChI is InChI=1S/C16H15N3O2S/c1-11(21-16(20)13-8-17-19(2)9-13)15-18-14(10-22-15)12-6-4-3-5-7-12/h3-11H,1-2H3. The predicted molar refractivity (Wildman–Crippen MR) is 84.6 cm³/mol. The molecule has 0 amide bonds. The van der Waals surface area contributed by atoms with E-state index in [4.69, 9.17) is 4.74 Å². The fourth-order valence-electron chi connectivity index (χ4n) is 2.02. The number of rotatable bonds is 4. The van der Waals surface area contributed by atoms with Crippen molar-refractivity contribution in [1.29, 1.82) is 0 Å². The summed E-state index contributed by atoms with van der Waals surface area (Å²) in [5.74, 6) is -0.392. The molecule has 0 saturated heterocycles. The number of carbonyl (C=O) groups is 1. The van der Waals surface area contributed by atoms with Crippen molar-refractivity contribution in [3.63, 3.8) is 0 Å². The van der Waals surface area contributed by atoms with E-state index in [1.807, 2.05) is 42.6 Å². The van der Waals surface area contributed by atoms with Gasteiger partial charge in [0.05, 0.1) is 17.5 Å². The number of carbonyl (C=O) groups excluding carboxylic acids is 1. The van der Waals surface area contributed by atoms with E-state index in [1.165, 1.54) is 17.5 Å². The van der Waals surface area contributed by atoms with E-state index in [9.17, 15) is 4.79 Å². The van der Waals surface area contributed by atoms with Crippen molar-refractivity contribution in [2.24, 2.45) is 7.05 Å². The summed E-state index contributed by atoms with van der Waals surface area (Å²) < 4.78 is 7.01. The molecule has 0 aliphatic heterocycles. The lowest BCUT2D eigenvalue weighted by Gasteiger charge is -2.09. The lowest BCUT2D eigenvalue weighted by atomic mass is 10.2. The molecule has 1 unspecified atom stereocenters. The number of nitrogens with zero attached hydrogens (tertiary/aromatic N) is 3. The van der Waals surface area contributed by atoms with Gasteiger partial charge in [-0.1, -0.05) is 30.3 Å². The van der Waals surface area contributed by atoms with Crippen molar-refractivity contribution in [2.75, 3.05) is 0 Å². The van der Waals surface area contributed by atoms with E-state index in [2.05, 4.69) is 10.1 Å². The minimum Gasteiger partial charge on any atom is -0.452 e. The highest BCUT2D eigenvalue weighted by Gasteiger charge is 2.18. The summed E-state index contributed by atoms with van der Waals surface area (Å²) in [6.45, 7) is 1.82. The van der Waals surface area contributed by atoms with E-state index in [1.54, 1.807) is 17.9 Å². The Morgan fingerprint density at radius 3 is 2.77 bits per heavy atom. The van der Waals surface area contributed by atoms with Crippen LogP contribution in [-0.4, -0.2) is 20.7 Å². The zero-order valence-corrected chi connectivity index (χ0v) is 13.1. The molecule has 0 spiro atoms. The highest BCUT2D eigenvalue weighted by atomic mass is 32.1. The Bertz CT molecular complexity index is 780. The normalized spacial score (nSPS) is 12.1. The molecule has 1 aromatic carbocycles. The molecule has 22 heavy (non-hydrogen) atoms. The molecule has 0 aliphatic carbocycles. The van der Waals surface area contributed by atoms with Gasteiger partial charge in [0.25, 0.3) is 0 Å². The Kier molecular flexibility index (Phi) is 4.02. The van der Waals surface area contributed by atoms with E-state index < -0.39 is 12.1 Å².